The second-order valence-electron chi connectivity index (χ2n) is 8.00. The Balaban J connectivity index is 1.47. The summed E-state index contributed by atoms with van der Waals surface area (Å²) >= 11 is 0. The van der Waals surface area contributed by atoms with E-state index in [0.717, 1.165) is 19.6 Å². The predicted molar refractivity (Wildman–Crippen MR) is 104 cm³/mol. The Hall–Kier alpha value is -2.05. The lowest BCUT2D eigenvalue weighted by atomic mass is 9.73. The van der Waals surface area contributed by atoms with Crippen LogP contribution in [-0.4, -0.2) is 54.7 Å². The van der Waals surface area contributed by atoms with Crippen LogP contribution in [-0.2, 0) is 9.53 Å². The third-order valence-electron chi connectivity index (χ3n) is 6.18. The number of hydrogen-bond donors (Lipinski definition) is 1. The molecule has 4 atom stereocenters. The summed E-state index contributed by atoms with van der Waals surface area (Å²) < 4.78 is 17.0. The minimum atomic E-state index is -0.426. The molecule has 1 aromatic rings. The molecule has 0 aromatic heterocycles. The van der Waals surface area contributed by atoms with Crippen LogP contribution >= 0.6 is 0 Å². The number of fused-ring (bicyclic) bond motifs is 1. The molecule has 3 aliphatic rings. The Morgan fingerprint density at radius 1 is 1.18 bits per heavy atom. The largest absolute Gasteiger partial charge is 0.497 e. The molecule has 2 aliphatic heterocycles. The van der Waals surface area contributed by atoms with E-state index in [1.807, 2.05) is 12.1 Å². The number of Topliss-reactive ketones (excluding diaryl/α,β-unsaturated/α-hetero) is 1. The zero-order valence-corrected chi connectivity index (χ0v) is 16.4. The van der Waals surface area contributed by atoms with Gasteiger partial charge in [-0.1, -0.05) is 12.5 Å². The molecule has 2 heterocycles. The first-order valence-electron chi connectivity index (χ1n) is 10.3. The number of carbonyl (C=O) groups is 1. The van der Waals surface area contributed by atoms with E-state index in [1.54, 1.807) is 19.2 Å². The average Bonchev–Trinajstić information content (AvgIpc) is 2.73. The van der Waals surface area contributed by atoms with Crippen molar-refractivity contribution >= 4 is 5.78 Å². The number of aliphatic hydroxyl groups is 1. The van der Waals surface area contributed by atoms with Gasteiger partial charge in [0.15, 0.2) is 0 Å². The van der Waals surface area contributed by atoms with Crippen molar-refractivity contribution in [2.24, 2.45) is 11.8 Å². The zero-order chi connectivity index (χ0) is 19.5. The number of rotatable bonds is 5. The van der Waals surface area contributed by atoms with E-state index in [1.165, 1.54) is 25.5 Å². The van der Waals surface area contributed by atoms with Gasteiger partial charge < -0.3 is 24.2 Å². The summed E-state index contributed by atoms with van der Waals surface area (Å²) in [7, 11) is 1.59. The van der Waals surface area contributed by atoms with Crippen molar-refractivity contribution in [3.05, 3.63) is 36.3 Å². The molecule has 4 unspecified atom stereocenters. The van der Waals surface area contributed by atoms with Crippen LogP contribution in [0.25, 0.3) is 0 Å². The van der Waals surface area contributed by atoms with Gasteiger partial charge in [0, 0.05) is 18.5 Å². The molecule has 152 valence electrons. The van der Waals surface area contributed by atoms with Gasteiger partial charge in [0.1, 0.15) is 23.9 Å². The van der Waals surface area contributed by atoms with Gasteiger partial charge in [0.25, 0.3) is 0 Å². The molecule has 1 saturated heterocycles. The summed E-state index contributed by atoms with van der Waals surface area (Å²) in [4.78, 5) is 15.5. The third-order valence-corrected chi connectivity index (χ3v) is 6.18. The molecule has 4 rings (SSSR count). The van der Waals surface area contributed by atoms with Gasteiger partial charge in [0.2, 0.25) is 11.5 Å². The van der Waals surface area contributed by atoms with Crippen LogP contribution in [0.15, 0.2) is 36.3 Å². The number of methoxy groups -OCH3 is 1. The molecule has 6 nitrogen and oxygen atoms in total. The summed E-state index contributed by atoms with van der Waals surface area (Å²) in [5, 5.41) is 10.6. The Kier molecular flexibility index (Phi) is 5.87. The summed E-state index contributed by atoms with van der Waals surface area (Å²) in [6, 6.07) is 7.16. The van der Waals surface area contributed by atoms with Crippen LogP contribution < -0.4 is 9.47 Å². The molecule has 1 aromatic carbocycles. The first kappa shape index (κ1) is 19.3. The third kappa shape index (κ3) is 4.03. The lowest BCUT2D eigenvalue weighted by Crippen LogP contribution is -2.52. The maximum Gasteiger partial charge on any atom is 0.208 e. The van der Waals surface area contributed by atoms with Gasteiger partial charge >= 0.3 is 0 Å². The second kappa shape index (κ2) is 8.53. The van der Waals surface area contributed by atoms with Crippen molar-refractivity contribution in [1.29, 1.82) is 0 Å². The van der Waals surface area contributed by atoms with Crippen molar-refractivity contribution in [1.82, 2.24) is 4.90 Å². The highest BCUT2D eigenvalue weighted by atomic mass is 16.5. The molecule has 1 aliphatic carbocycles. The van der Waals surface area contributed by atoms with E-state index < -0.39 is 6.10 Å². The number of piperidine rings is 1. The standard InChI is InChI=1S/C22H29NO5/c1-26-15-6-5-7-16(12-15)28-20-14-27-22-17(21(20)25)8-9-19(24)18(22)13-23-10-3-2-4-11-23/h5-7,12,14,17-19,22,24H,2-4,8-11,13H2,1H3. The molecule has 0 bridgehead atoms. The first-order chi connectivity index (χ1) is 13.7. The predicted octanol–water partition coefficient (Wildman–Crippen LogP) is 2.76. The Morgan fingerprint density at radius 3 is 2.75 bits per heavy atom. The number of carbonyl (C=O) groups excluding carboxylic acids is 1. The van der Waals surface area contributed by atoms with Crippen LogP contribution in [0.2, 0.25) is 0 Å². The fourth-order valence-electron chi connectivity index (χ4n) is 4.63. The van der Waals surface area contributed by atoms with E-state index in [0.29, 0.717) is 24.3 Å². The van der Waals surface area contributed by atoms with Crippen LogP contribution in [0.5, 0.6) is 11.5 Å². The number of hydrogen-bond acceptors (Lipinski definition) is 6. The molecule has 2 fully saturated rings. The normalized spacial score (nSPS) is 30.8. The van der Waals surface area contributed by atoms with Gasteiger partial charge in [-0.15, -0.1) is 0 Å². The summed E-state index contributed by atoms with van der Waals surface area (Å²) in [6.45, 7) is 2.92. The van der Waals surface area contributed by atoms with Crippen LogP contribution in [0.1, 0.15) is 32.1 Å². The van der Waals surface area contributed by atoms with E-state index in [4.69, 9.17) is 14.2 Å². The SMILES string of the molecule is COc1cccc(OC2=COC3C(CCC(O)C3CN3CCCCC3)C2=O)c1. The molecule has 0 spiro atoms. The fourth-order valence-corrected chi connectivity index (χ4v) is 4.63. The minimum Gasteiger partial charge on any atom is -0.497 e. The zero-order valence-electron chi connectivity index (χ0n) is 16.4. The van der Waals surface area contributed by atoms with Crippen molar-refractivity contribution in [2.75, 3.05) is 26.7 Å². The van der Waals surface area contributed by atoms with Crippen molar-refractivity contribution in [3.63, 3.8) is 0 Å². The number of ether oxygens (including phenoxy) is 3. The van der Waals surface area contributed by atoms with Gasteiger partial charge in [-0.05, 0) is 50.9 Å². The van der Waals surface area contributed by atoms with Gasteiger partial charge in [-0.3, -0.25) is 4.79 Å². The number of allylic oxidation sites excluding steroid dienone is 1. The van der Waals surface area contributed by atoms with E-state index >= 15 is 0 Å². The number of nitrogens with zero attached hydrogens (tertiary/aromatic N) is 1. The van der Waals surface area contributed by atoms with Gasteiger partial charge in [0.05, 0.1) is 19.1 Å². The molecular weight excluding hydrogens is 358 g/mol. The number of benzene rings is 1. The van der Waals surface area contributed by atoms with Gasteiger partial charge in [-0.2, -0.15) is 0 Å². The Bertz CT molecular complexity index is 727. The second-order valence-corrected chi connectivity index (χ2v) is 8.00. The monoisotopic (exact) mass is 387 g/mol. The maximum absolute atomic E-state index is 13.1. The lowest BCUT2D eigenvalue weighted by Gasteiger charge is -2.43. The smallest absolute Gasteiger partial charge is 0.208 e. The topological polar surface area (TPSA) is 68.2 Å². The average molecular weight is 387 g/mol. The van der Waals surface area contributed by atoms with Crippen molar-refractivity contribution < 1.29 is 24.1 Å². The molecule has 1 saturated carbocycles. The molecule has 0 radical (unpaired) electrons. The molecule has 6 heteroatoms. The lowest BCUT2D eigenvalue weighted by molar-refractivity contribution is -0.140. The summed E-state index contributed by atoms with van der Waals surface area (Å²) in [6.07, 6.45) is 5.66. The molecule has 1 N–H and O–H groups in total. The number of aliphatic hydroxyl groups excluding tert-OH is 1. The van der Waals surface area contributed by atoms with E-state index in [2.05, 4.69) is 4.90 Å². The molecular formula is C22H29NO5. The van der Waals surface area contributed by atoms with Crippen LogP contribution in [0.4, 0.5) is 0 Å². The molecule has 28 heavy (non-hydrogen) atoms. The van der Waals surface area contributed by atoms with Crippen LogP contribution in [0.3, 0.4) is 0 Å². The summed E-state index contributed by atoms with van der Waals surface area (Å²) in [5.41, 5.74) is 0. The van der Waals surface area contributed by atoms with Crippen molar-refractivity contribution in [2.45, 2.75) is 44.3 Å². The Morgan fingerprint density at radius 2 is 1.96 bits per heavy atom. The Labute approximate surface area is 166 Å². The highest BCUT2D eigenvalue weighted by Crippen LogP contribution is 2.38. The van der Waals surface area contributed by atoms with E-state index in [9.17, 15) is 9.90 Å². The van der Waals surface area contributed by atoms with Crippen molar-refractivity contribution in [3.8, 4) is 11.5 Å². The van der Waals surface area contributed by atoms with Crippen LogP contribution in [0, 0.1) is 11.8 Å². The highest BCUT2D eigenvalue weighted by Gasteiger charge is 2.47. The maximum atomic E-state index is 13.1. The highest BCUT2D eigenvalue weighted by molar-refractivity contribution is 5.96. The van der Waals surface area contributed by atoms with Gasteiger partial charge in [-0.25, -0.2) is 0 Å². The first-order valence-corrected chi connectivity index (χ1v) is 10.3. The fraction of sp³-hybridized carbons (Fsp3) is 0.591. The number of ketones is 1. The number of likely N-dealkylation sites (tertiary alicyclic amines) is 1. The quantitative estimate of drug-likeness (QED) is 0.838. The summed E-state index contributed by atoms with van der Waals surface area (Å²) in [5.74, 6) is 1.10. The minimum absolute atomic E-state index is 0.0328. The van der Waals surface area contributed by atoms with E-state index in [-0.39, 0.29) is 29.5 Å². The molecule has 0 amide bonds.